The molecule has 0 saturated heterocycles. The number of rotatable bonds is 8. The van der Waals surface area contributed by atoms with E-state index in [1.807, 2.05) is 6.92 Å². The Morgan fingerprint density at radius 3 is 2.31 bits per heavy atom. The third kappa shape index (κ3) is 4.88. The third-order valence-electron chi connectivity index (χ3n) is 2.58. The summed E-state index contributed by atoms with van der Waals surface area (Å²) in [5, 5.41) is 9.28. The first kappa shape index (κ1) is 15.3. The van der Waals surface area contributed by atoms with Gasteiger partial charge in [-0.05, 0) is 25.2 Å². The molecule has 3 N–H and O–H groups in total. The Bertz CT molecular complexity index is 256. The Labute approximate surface area is 101 Å². The van der Waals surface area contributed by atoms with E-state index in [1.54, 1.807) is 0 Å². The first-order valence-electron chi connectivity index (χ1n) is 5.49. The smallest absolute Gasteiger partial charge is 0.319 e. The van der Waals surface area contributed by atoms with Crippen LogP contribution in [0.15, 0.2) is 0 Å². The van der Waals surface area contributed by atoms with Crippen molar-refractivity contribution in [2.24, 2.45) is 11.7 Å². The first-order valence-corrected chi connectivity index (χ1v) is 6.48. The third-order valence-corrected chi connectivity index (χ3v) is 4.23. The minimum atomic E-state index is -0.862. The molecule has 5 heteroatoms. The van der Waals surface area contributed by atoms with Crippen molar-refractivity contribution in [1.29, 1.82) is 0 Å². The molecule has 0 aromatic rings. The zero-order chi connectivity index (χ0) is 12.8. The largest absolute Gasteiger partial charge is 0.480 e. The molecule has 1 atom stereocenters. The van der Waals surface area contributed by atoms with Crippen molar-refractivity contribution < 1.29 is 14.7 Å². The maximum Gasteiger partial charge on any atom is 0.319 e. The number of aliphatic carboxylic acids is 1. The molecular weight excluding hydrogens is 226 g/mol. The standard InChI is InChI=1S/C11H21NO3S/c1-4-11(10(14)15,6-5-8(2)3)16-7-9(12)13/h8H,4-7H2,1-3H3,(H2,12,13)(H,14,15)/t11-/m1/s1. The summed E-state index contributed by atoms with van der Waals surface area (Å²) >= 11 is 1.15. The van der Waals surface area contributed by atoms with Gasteiger partial charge in [0, 0.05) is 0 Å². The second kappa shape index (κ2) is 6.78. The van der Waals surface area contributed by atoms with Crippen LogP contribution in [0.25, 0.3) is 0 Å². The van der Waals surface area contributed by atoms with Gasteiger partial charge in [0.05, 0.1) is 5.75 Å². The van der Waals surface area contributed by atoms with Gasteiger partial charge in [-0.15, -0.1) is 11.8 Å². The number of hydrogen-bond acceptors (Lipinski definition) is 3. The quantitative estimate of drug-likeness (QED) is 0.686. The van der Waals surface area contributed by atoms with Gasteiger partial charge in [0.15, 0.2) is 0 Å². The minimum Gasteiger partial charge on any atom is -0.480 e. The maximum absolute atomic E-state index is 11.3. The van der Waals surface area contributed by atoms with Gasteiger partial charge < -0.3 is 10.8 Å². The molecular formula is C11H21NO3S. The van der Waals surface area contributed by atoms with E-state index in [0.717, 1.165) is 18.2 Å². The summed E-state index contributed by atoms with van der Waals surface area (Å²) in [6.45, 7) is 5.95. The van der Waals surface area contributed by atoms with Crippen LogP contribution in [0.4, 0.5) is 0 Å². The molecule has 94 valence electrons. The summed E-state index contributed by atoms with van der Waals surface area (Å²) in [6.07, 6.45) is 1.92. The minimum absolute atomic E-state index is 0.0677. The summed E-state index contributed by atoms with van der Waals surface area (Å²) in [5.41, 5.74) is 5.06. The highest BCUT2D eigenvalue weighted by molar-refractivity contribution is 8.02. The molecule has 0 aliphatic carbocycles. The van der Waals surface area contributed by atoms with Gasteiger partial charge in [-0.3, -0.25) is 9.59 Å². The Morgan fingerprint density at radius 2 is 2.00 bits per heavy atom. The lowest BCUT2D eigenvalue weighted by molar-refractivity contribution is -0.140. The number of carboxylic acids is 1. The number of carbonyl (C=O) groups excluding carboxylic acids is 1. The van der Waals surface area contributed by atoms with Gasteiger partial charge in [-0.1, -0.05) is 20.8 Å². The SMILES string of the molecule is CC[C@](CCC(C)C)(SCC(N)=O)C(=O)O. The van der Waals surface area contributed by atoms with Crippen molar-refractivity contribution in [3.8, 4) is 0 Å². The van der Waals surface area contributed by atoms with E-state index in [4.69, 9.17) is 5.73 Å². The van der Waals surface area contributed by atoms with Gasteiger partial charge in [0.1, 0.15) is 4.75 Å². The van der Waals surface area contributed by atoms with Crippen LogP contribution in [0.3, 0.4) is 0 Å². The highest BCUT2D eigenvalue weighted by Gasteiger charge is 2.37. The molecule has 0 radical (unpaired) electrons. The van der Waals surface area contributed by atoms with Gasteiger partial charge in [0.25, 0.3) is 0 Å². The first-order chi connectivity index (χ1) is 7.34. The van der Waals surface area contributed by atoms with E-state index in [9.17, 15) is 14.7 Å². The molecule has 16 heavy (non-hydrogen) atoms. The molecule has 0 bridgehead atoms. The van der Waals surface area contributed by atoms with E-state index in [1.165, 1.54) is 0 Å². The normalized spacial score (nSPS) is 14.8. The average molecular weight is 247 g/mol. The lowest BCUT2D eigenvalue weighted by atomic mass is 9.95. The van der Waals surface area contributed by atoms with Crippen molar-refractivity contribution in [2.75, 3.05) is 5.75 Å². The van der Waals surface area contributed by atoms with Crippen molar-refractivity contribution in [2.45, 2.75) is 44.8 Å². The summed E-state index contributed by atoms with van der Waals surface area (Å²) in [6, 6.07) is 0. The molecule has 0 saturated carbocycles. The molecule has 0 unspecified atom stereocenters. The number of hydrogen-bond donors (Lipinski definition) is 2. The number of amides is 1. The van der Waals surface area contributed by atoms with Crippen LogP contribution in [0.2, 0.25) is 0 Å². The van der Waals surface area contributed by atoms with Crippen LogP contribution in [0.1, 0.15) is 40.0 Å². The fraction of sp³-hybridized carbons (Fsp3) is 0.818. The van der Waals surface area contributed by atoms with E-state index in [0.29, 0.717) is 18.8 Å². The van der Waals surface area contributed by atoms with Crippen LogP contribution in [0, 0.1) is 5.92 Å². The Balaban J connectivity index is 4.57. The molecule has 1 amide bonds. The molecule has 0 heterocycles. The van der Waals surface area contributed by atoms with Crippen molar-refractivity contribution in [3.05, 3.63) is 0 Å². The molecule has 0 spiro atoms. The molecule has 0 fully saturated rings. The highest BCUT2D eigenvalue weighted by Crippen LogP contribution is 2.35. The Kier molecular flexibility index (Phi) is 6.48. The number of nitrogens with two attached hydrogens (primary N) is 1. The van der Waals surface area contributed by atoms with Crippen LogP contribution in [-0.4, -0.2) is 27.5 Å². The second-order valence-corrected chi connectivity index (χ2v) is 5.70. The zero-order valence-electron chi connectivity index (χ0n) is 10.2. The lowest BCUT2D eigenvalue weighted by Crippen LogP contribution is -2.36. The Morgan fingerprint density at radius 1 is 1.44 bits per heavy atom. The highest BCUT2D eigenvalue weighted by atomic mass is 32.2. The predicted octanol–water partition coefficient (Wildman–Crippen LogP) is 1.87. The second-order valence-electron chi connectivity index (χ2n) is 4.34. The molecule has 0 rings (SSSR count). The van der Waals surface area contributed by atoms with Crippen molar-refractivity contribution in [3.63, 3.8) is 0 Å². The number of primary amides is 1. The summed E-state index contributed by atoms with van der Waals surface area (Å²) in [5.74, 6) is -0.784. The number of carbonyl (C=O) groups is 2. The lowest BCUT2D eigenvalue weighted by Gasteiger charge is -2.27. The Hall–Kier alpha value is -0.710. The van der Waals surface area contributed by atoms with Crippen LogP contribution in [0.5, 0.6) is 0 Å². The number of carboxylic acid groups (broad SMARTS) is 1. The zero-order valence-corrected chi connectivity index (χ0v) is 11.0. The van der Waals surface area contributed by atoms with Crippen LogP contribution >= 0.6 is 11.8 Å². The maximum atomic E-state index is 11.3. The molecule has 0 aromatic heterocycles. The predicted molar refractivity (Wildman–Crippen MR) is 66.4 cm³/mol. The van der Waals surface area contributed by atoms with Crippen molar-refractivity contribution >= 4 is 23.6 Å². The topological polar surface area (TPSA) is 80.4 Å². The van der Waals surface area contributed by atoms with E-state index in [-0.39, 0.29) is 5.75 Å². The fourth-order valence-corrected chi connectivity index (χ4v) is 2.41. The van der Waals surface area contributed by atoms with E-state index in [2.05, 4.69) is 13.8 Å². The molecule has 0 aliphatic rings. The summed E-state index contributed by atoms with van der Waals surface area (Å²) in [4.78, 5) is 22.0. The summed E-state index contributed by atoms with van der Waals surface area (Å²) < 4.78 is -0.862. The van der Waals surface area contributed by atoms with Gasteiger partial charge in [-0.25, -0.2) is 0 Å². The van der Waals surface area contributed by atoms with Gasteiger partial charge in [0.2, 0.25) is 5.91 Å². The monoisotopic (exact) mass is 247 g/mol. The molecule has 0 aliphatic heterocycles. The van der Waals surface area contributed by atoms with Crippen LogP contribution in [-0.2, 0) is 9.59 Å². The van der Waals surface area contributed by atoms with Crippen molar-refractivity contribution in [1.82, 2.24) is 0 Å². The van der Waals surface area contributed by atoms with Crippen LogP contribution < -0.4 is 5.73 Å². The van der Waals surface area contributed by atoms with E-state index >= 15 is 0 Å². The van der Waals surface area contributed by atoms with Gasteiger partial charge in [-0.2, -0.15) is 0 Å². The molecule has 0 aromatic carbocycles. The number of thioether (sulfide) groups is 1. The fourth-order valence-electron chi connectivity index (χ4n) is 1.40. The van der Waals surface area contributed by atoms with E-state index < -0.39 is 16.6 Å². The average Bonchev–Trinajstić information content (AvgIpc) is 2.17. The van der Waals surface area contributed by atoms with Gasteiger partial charge >= 0.3 is 5.97 Å². The molecule has 4 nitrogen and oxygen atoms in total. The summed E-state index contributed by atoms with van der Waals surface area (Å²) in [7, 11) is 0.